The second-order valence-corrected chi connectivity index (χ2v) is 6.89. The molecule has 0 saturated heterocycles. The Morgan fingerprint density at radius 3 is 2.17 bits per heavy atom. The molecule has 4 nitrogen and oxygen atoms in total. The summed E-state index contributed by atoms with van der Waals surface area (Å²) in [5, 5.41) is 20.5. The molecule has 0 bridgehead atoms. The Morgan fingerprint density at radius 2 is 1.34 bits per heavy atom. The highest BCUT2D eigenvalue weighted by atomic mass is 16.6. The van der Waals surface area contributed by atoms with Crippen molar-refractivity contribution in [3.8, 4) is 22.6 Å². The lowest BCUT2D eigenvalue weighted by Crippen LogP contribution is -2.20. The minimum Gasteiger partial charge on any atom is -0.512 e. The van der Waals surface area contributed by atoms with Crippen LogP contribution in [0.25, 0.3) is 38.6 Å². The number of benzene rings is 4. The lowest BCUT2D eigenvalue weighted by molar-refractivity contribution is 0.288. The third-order valence-corrected chi connectivity index (χ3v) is 5.10. The van der Waals surface area contributed by atoms with E-state index in [1.807, 2.05) is 30.3 Å². The fourth-order valence-electron chi connectivity index (χ4n) is 3.88. The van der Waals surface area contributed by atoms with Crippen LogP contribution in [0.4, 0.5) is 0 Å². The number of nitrogens with zero attached hydrogens (tertiary/aromatic N) is 1. The summed E-state index contributed by atoms with van der Waals surface area (Å²) in [6.45, 7) is 0. The van der Waals surface area contributed by atoms with Crippen molar-refractivity contribution >= 4 is 29.1 Å². The molecule has 4 aromatic carbocycles. The first-order valence-electron chi connectivity index (χ1n) is 9.42. The average Bonchev–Trinajstić information content (AvgIpc) is 3.08. The standard InChI is InChI=1S/C24H18BNO3/c27-25(28)29-20-10-6-7-17(15-20)18-13-14-24-22(16-18)21-11-4-5-12-23(21)26(24)19-8-2-1-3-9-19/h1-16,27-28H. The number of hydrogen-bond donors (Lipinski definition) is 2. The molecule has 0 atom stereocenters. The van der Waals surface area contributed by atoms with E-state index in [-0.39, 0.29) is 0 Å². The van der Waals surface area contributed by atoms with Gasteiger partial charge in [-0.1, -0.05) is 54.6 Å². The molecule has 0 aliphatic carbocycles. The summed E-state index contributed by atoms with van der Waals surface area (Å²) in [5.74, 6) is 0.407. The molecule has 2 N–H and O–H groups in total. The molecule has 0 radical (unpaired) electrons. The lowest BCUT2D eigenvalue weighted by atomic mass is 10.0. The fraction of sp³-hybridized carbons (Fsp3) is 0. The SMILES string of the molecule is OB(O)Oc1cccc(-c2ccc3c(c2)c2ccccc2n3-c2ccccc2)c1. The first-order chi connectivity index (χ1) is 14.2. The van der Waals surface area contributed by atoms with Crippen molar-refractivity contribution in [2.24, 2.45) is 0 Å². The largest absolute Gasteiger partial charge is 0.707 e. The maximum absolute atomic E-state index is 9.07. The van der Waals surface area contributed by atoms with Gasteiger partial charge in [0.05, 0.1) is 11.0 Å². The molecule has 1 heterocycles. The van der Waals surface area contributed by atoms with E-state index in [0.29, 0.717) is 5.75 Å². The van der Waals surface area contributed by atoms with Gasteiger partial charge in [0.1, 0.15) is 5.75 Å². The lowest BCUT2D eigenvalue weighted by Gasteiger charge is -2.09. The third-order valence-electron chi connectivity index (χ3n) is 5.10. The molecule has 29 heavy (non-hydrogen) atoms. The summed E-state index contributed by atoms with van der Waals surface area (Å²) in [6.07, 6.45) is 0. The number of rotatable bonds is 4. The van der Waals surface area contributed by atoms with Gasteiger partial charge in [0.25, 0.3) is 0 Å². The van der Waals surface area contributed by atoms with Crippen LogP contribution in [0.2, 0.25) is 0 Å². The zero-order valence-corrected chi connectivity index (χ0v) is 15.6. The van der Waals surface area contributed by atoms with Crippen LogP contribution in [0.1, 0.15) is 0 Å². The van der Waals surface area contributed by atoms with Crippen LogP contribution >= 0.6 is 0 Å². The highest BCUT2D eigenvalue weighted by Crippen LogP contribution is 2.35. The van der Waals surface area contributed by atoms with Gasteiger partial charge in [0.15, 0.2) is 0 Å². The van der Waals surface area contributed by atoms with Gasteiger partial charge >= 0.3 is 7.32 Å². The molecule has 0 spiro atoms. The summed E-state index contributed by atoms with van der Waals surface area (Å²) >= 11 is 0. The Kier molecular flexibility index (Phi) is 4.32. The molecule has 0 saturated carbocycles. The van der Waals surface area contributed by atoms with E-state index in [0.717, 1.165) is 33.2 Å². The van der Waals surface area contributed by atoms with Gasteiger partial charge in [-0.05, 0) is 53.6 Å². The van der Waals surface area contributed by atoms with Crippen molar-refractivity contribution in [1.82, 2.24) is 4.57 Å². The smallest absolute Gasteiger partial charge is 0.512 e. The normalized spacial score (nSPS) is 11.1. The zero-order valence-electron chi connectivity index (χ0n) is 15.6. The number of aromatic nitrogens is 1. The Labute approximate surface area is 168 Å². The Balaban J connectivity index is 1.72. The minimum atomic E-state index is -1.84. The predicted octanol–water partition coefficient (Wildman–Crippen LogP) is 4.80. The van der Waals surface area contributed by atoms with E-state index < -0.39 is 7.32 Å². The van der Waals surface area contributed by atoms with Gasteiger partial charge in [-0.2, -0.15) is 0 Å². The molecule has 0 aliphatic rings. The molecule has 5 rings (SSSR count). The topological polar surface area (TPSA) is 54.6 Å². The summed E-state index contributed by atoms with van der Waals surface area (Å²) in [6, 6.07) is 32.4. The van der Waals surface area contributed by atoms with Crippen LogP contribution in [0.15, 0.2) is 97.1 Å². The van der Waals surface area contributed by atoms with Crippen LogP contribution in [0.5, 0.6) is 5.75 Å². The van der Waals surface area contributed by atoms with Crippen molar-refractivity contribution < 1.29 is 14.7 Å². The van der Waals surface area contributed by atoms with Gasteiger partial charge in [-0.25, -0.2) is 0 Å². The average molecular weight is 379 g/mol. The van der Waals surface area contributed by atoms with Gasteiger partial charge in [0, 0.05) is 16.5 Å². The second kappa shape index (κ2) is 7.13. The predicted molar refractivity (Wildman–Crippen MR) is 117 cm³/mol. The molecule has 0 fully saturated rings. The van der Waals surface area contributed by atoms with Crippen molar-refractivity contribution in [3.63, 3.8) is 0 Å². The highest BCUT2D eigenvalue weighted by Gasteiger charge is 2.14. The molecule has 140 valence electrons. The first-order valence-corrected chi connectivity index (χ1v) is 9.42. The number of para-hydroxylation sites is 2. The van der Waals surface area contributed by atoms with Gasteiger partial charge in [-0.3, -0.25) is 0 Å². The van der Waals surface area contributed by atoms with E-state index >= 15 is 0 Å². The van der Waals surface area contributed by atoms with Gasteiger partial charge in [0.2, 0.25) is 0 Å². The zero-order chi connectivity index (χ0) is 19.8. The Morgan fingerprint density at radius 1 is 0.621 bits per heavy atom. The summed E-state index contributed by atoms with van der Waals surface area (Å²) < 4.78 is 7.28. The second-order valence-electron chi connectivity index (χ2n) is 6.89. The summed E-state index contributed by atoms with van der Waals surface area (Å²) in [4.78, 5) is 0. The molecular weight excluding hydrogens is 361 g/mol. The van der Waals surface area contributed by atoms with Crippen molar-refractivity contribution in [2.45, 2.75) is 0 Å². The highest BCUT2D eigenvalue weighted by molar-refractivity contribution is 6.33. The molecule has 0 aliphatic heterocycles. The van der Waals surface area contributed by atoms with Crippen LogP contribution in [0, 0.1) is 0 Å². The third kappa shape index (κ3) is 3.16. The first kappa shape index (κ1) is 17.6. The maximum atomic E-state index is 9.07. The van der Waals surface area contributed by atoms with Gasteiger partial charge in [-0.15, -0.1) is 0 Å². The molecule has 5 heteroatoms. The van der Waals surface area contributed by atoms with Crippen LogP contribution in [-0.2, 0) is 0 Å². The van der Waals surface area contributed by atoms with Crippen LogP contribution in [-0.4, -0.2) is 21.9 Å². The monoisotopic (exact) mass is 379 g/mol. The van der Waals surface area contributed by atoms with Crippen LogP contribution in [0.3, 0.4) is 0 Å². The van der Waals surface area contributed by atoms with E-state index in [4.69, 9.17) is 14.7 Å². The Bertz CT molecular complexity index is 1310. The molecular formula is C24H18BNO3. The summed E-state index contributed by atoms with van der Waals surface area (Å²) in [5.41, 5.74) is 5.40. The van der Waals surface area contributed by atoms with E-state index in [1.165, 1.54) is 5.39 Å². The van der Waals surface area contributed by atoms with E-state index in [9.17, 15) is 0 Å². The van der Waals surface area contributed by atoms with Crippen LogP contribution < -0.4 is 4.65 Å². The van der Waals surface area contributed by atoms with Crippen molar-refractivity contribution in [2.75, 3.05) is 0 Å². The van der Waals surface area contributed by atoms with Crippen molar-refractivity contribution in [3.05, 3.63) is 97.1 Å². The molecule has 0 amide bonds. The van der Waals surface area contributed by atoms with E-state index in [2.05, 4.69) is 59.2 Å². The Hall–Kier alpha value is -3.54. The molecule has 0 unspecified atom stereocenters. The molecule has 1 aromatic heterocycles. The molecule has 5 aromatic rings. The summed E-state index contributed by atoms with van der Waals surface area (Å²) in [7, 11) is -1.84. The van der Waals surface area contributed by atoms with Crippen molar-refractivity contribution in [1.29, 1.82) is 0 Å². The van der Waals surface area contributed by atoms with Gasteiger partial charge < -0.3 is 19.3 Å². The number of fused-ring (bicyclic) bond motifs is 3. The fourth-order valence-corrected chi connectivity index (χ4v) is 3.88. The van der Waals surface area contributed by atoms with E-state index in [1.54, 1.807) is 12.1 Å². The number of hydrogen-bond acceptors (Lipinski definition) is 3. The quantitative estimate of drug-likeness (QED) is 0.441. The maximum Gasteiger partial charge on any atom is 0.707 e. The minimum absolute atomic E-state index is 0.407.